The molecule has 9 aliphatic rings. The second-order valence-electron chi connectivity index (χ2n) is 40.5. The molecule has 7 amide bonds. The van der Waals surface area contributed by atoms with Crippen molar-refractivity contribution in [2.45, 2.75) is 221 Å². The summed E-state index contributed by atoms with van der Waals surface area (Å²) in [5.74, 6) is -0.380. The number of carboxylic acid groups (broad SMARTS) is 1. The lowest BCUT2D eigenvalue weighted by atomic mass is 9.78. The van der Waals surface area contributed by atoms with Crippen molar-refractivity contribution in [2.75, 3.05) is 84.5 Å². The van der Waals surface area contributed by atoms with Gasteiger partial charge in [-0.25, -0.2) is 50.0 Å². The van der Waals surface area contributed by atoms with E-state index in [1.165, 1.54) is 39.2 Å². The highest BCUT2D eigenvalue weighted by atomic mass is 79.9. The molecule has 3 aromatic heterocycles. The highest BCUT2D eigenvalue weighted by Crippen LogP contribution is 2.51. The predicted octanol–water partition coefficient (Wildman–Crippen LogP) is 17.7. The molecule has 0 unspecified atom stereocenters. The summed E-state index contributed by atoms with van der Waals surface area (Å²) in [6.07, 6.45) is -3.74. The number of hydrogen-bond acceptors (Lipinski definition) is 26. The van der Waals surface area contributed by atoms with Gasteiger partial charge in [0.1, 0.15) is 88.2 Å². The minimum atomic E-state index is -2.80. The molecule has 1 saturated carbocycles. The lowest BCUT2D eigenvalue weighted by Crippen LogP contribution is -2.50. The van der Waals surface area contributed by atoms with Crippen LogP contribution in [-0.4, -0.2) is 240 Å². The number of aliphatic carboxylic acids is 1. The number of phenols is 1. The van der Waals surface area contributed by atoms with Crippen LogP contribution in [0.15, 0.2) is 72.8 Å². The average Bonchev–Trinajstić information content (AvgIpc) is 1.35. The number of cyclic esters (lactones) is 1. The number of carbonyl (C=O) groups excluding carboxylic acids is 9. The number of phenolic OH excluding ortho intramolecular Hbond substituents is 1. The van der Waals surface area contributed by atoms with E-state index in [0.717, 1.165) is 66.0 Å². The van der Waals surface area contributed by atoms with Crippen LogP contribution in [0, 0.1) is 35.0 Å². The summed E-state index contributed by atoms with van der Waals surface area (Å²) in [6.45, 7) is 23.9. The number of alkyl halides is 7. The van der Waals surface area contributed by atoms with E-state index in [-0.39, 0.29) is 140 Å². The monoisotopic (exact) mass is 2260 g/mol. The number of aromatic hydroxyl groups is 1. The van der Waals surface area contributed by atoms with Gasteiger partial charge in [-0.15, -0.1) is 27.7 Å². The number of aryl methyl sites for hydroxylation is 3. The fourth-order valence-electron chi connectivity index (χ4n) is 19.7. The summed E-state index contributed by atoms with van der Waals surface area (Å²) in [5.41, 5.74) is 9.05. The molecule has 1 aliphatic carbocycles. The van der Waals surface area contributed by atoms with Crippen LogP contribution in [0.1, 0.15) is 264 Å². The normalized spacial score (nSPS) is 20.7. The van der Waals surface area contributed by atoms with Crippen LogP contribution >= 0.6 is 74.7 Å². The van der Waals surface area contributed by atoms with Crippen molar-refractivity contribution in [3.63, 3.8) is 0 Å². The minimum Gasteiger partial charge on any atom is -0.508 e. The van der Waals surface area contributed by atoms with E-state index >= 15 is 0 Å². The van der Waals surface area contributed by atoms with Gasteiger partial charge in [-0.05, 0) is 194 Å². The maximum Gasteiger partial charge on any atom is 0.410 e. The third kappa shape index (κ3) is 28.2. The van der Waals surface area contributed by atoms with Crippen LogP contribution in [0.3, 0.4) is 0 Å². The first kappa shape index (κ1) is 119. The fraction of sp³-hybridized carbons (Fsp3) is 0.549. The van der Waals surface area contributed by atoms with Gasteiger partial charge < -0.3 is 69.1 Å². The lowest BCUT2D eigenvalue weighted by molar-refractivity contribution is -0.158. The van der Waals surface area contributed by atoms with Crippen LogP contribution in [0.2, 0.25) is 20.1 Å². The summed E-state index contributed by atoms with van der Waals surface area (Å²) < 4.78 is 122. The van der Waals surface area contributed by atoms with Gasteiger partial charge in [0.25, 0.3) is 31.1 Å². The van der Waals surface area contributed by atoms with Gasteiger partial charge in [0.15, 0.2) is 0 Å². The average molecular weight is 2270 g/mol. The highest BCUT2D eigenvalue weighted by Gasteiger charge is 2.53. The van der Waals surface area contributed by atoms with Gasteiger partial charge in [0.05, 0.1) is 73.3 Å². The Hall–Kier alpha value is -11.4. The minimum absolute atomic E-state index is 0. The van der Waals surface area contributed by atoms with Crippen molar-refractivity contribution in [1.82, 2.24) is 79.7 Å². The molecular weight excluding hydrogens is 2140 g/mol. The second kappa shape index (κ2) is 51.4. The zero-order chi connectivity index (χ0) is 109. The second-order valence-corrected chi connectivity index (χ2v) is 42.8. The van der Waals surface area contributed by atoms with Crippen LogP contribution in [-0.2, 0) is 114 Å². The molecule has 36 nitrogen and oxygen atoms in total. The molecule has 10 atom stereocenters. The van der Waals surface area contributed by atoms with Crippen molar-refractivity contribution in [1.29, 1.82) is 0 Å². The molecule has 0 radical (unpaired) electrons. The van der Waals surface area contributed by atoms with Gasteiger partial charge in [0, 0.05) is 146 Å². The number of rotatable bonds is 24. The molecule has 17 rings (SSSR count). The molecule has 48 heteroatoms. The summed E-state index contributed by atoms with van der Waals surface area (Å²) in [5, 5.41) is 49.5. The molecule has 5 N–H and O–H groups in total. The number of methoxy groups -OCH3 is 1. The molecule has 11 heterocycles. The van der Waals surface area contributed by atoms with E-state index in [4.69, 9.17) is 75.8 Å². The Bertz CT molecular complexity index is 6200. The van der Waals surface area contributed by atoms with E-state index in [1.54, 1.807) is 130 Å². The van der Waals surface area contributed by atoms with Gasteiger partial charge in [0.2, 0.25) is 17.7 Å². The van der Waals surface area contributed by atoms with Crippen LogP contribution in [0.25, 0.3) is 0 Å². The van der Waals surface area contributed by atoms with Crippen LogP contribution < -0.4 is 25.3 Å². The summed E-state index contributed by atoms with van der Waals surface area (Å²) in [4.78, 5) is 133. The number of esters is 2. The number of benzene rings is 5. The number of nitrogens with zero attached hydrogens (tertiary/aromatic N) is 15. The number of amides is 7. The van der Waals surface area contributed by atoms with Gasteiger partial charge in [-0.2, -0.15) is 0 Å². The number of fused-ring (bicyclic) bond motifs is 5. The van der Waals surface area contributed by atoms with E-state index < -0.39 is 89.9 Å². The number of aromatic nitrogens is 9. The van der Waals surface area contributed by atoms with Crippen molar-refractivity contribution >= 4 is 134 Å². The predicted molar refractivity (Wildman–Crippen MR) is 546 cm³/mol. The molecule has 818 valence electrons. The Morgan fingerprint density at radius 3 is 1.38 bits per heavy atom. The van der Waals surface area contributed by atoms with Crippen LogP contribution in [0.5, 0.6) is 23.0 Å². The number of nitrogens with one attached hydrogen (secondary N) is 1. The third-order valence-electron chi connectivity index (χ3n) is 27.1. The first-order valence-corrected chi connectivity index (χ1v) is 51.6. The lowest BCUT2D eigenvalue weighted by Gasteiger charge is -2.42. The molecular formula is C102H127BrCl5F6N17O19. The SMILES string of the molecule is CC(C)(C)OC(=O)N1CCc2c(Cl)ccc(O)c2[C@H]1CN1C(=O)c2ccccc2C1=O.COC(=O)C[C@@H](C)CBr.C[C@@H]1CC(=O)N(C[C@@H]2c3c(OCc4nnn(C)c4C(F)F)ccc(Cl)c3CCN2C(=O)[C@@H]2CCC[C@]2(C)C(=O)O)C1.C[C@@H]1CC(=O)N(C[C@H]2NCCc3c(Cl)ccc(OCc4nnn(C)c4C(F)F)c32)C1.C[C@H]1COC(=O)C1.Cl.Cn1nnc(COc2ccc(Cl)c3c2[C@@H](CN)N(C(=O)OC(C)(C)C)CC3)c1C(F)F. The van der Waals surface area contributed by atoms with E-state index in [9.17, 15) is 84.5 Å². The quantitative estimate of drug-likeness (QED) is 0.0143. The van der Waals surface area contributed by atoms with Gasteiger partial charge in [-0.3, -0.25) is 53.1 Å². The molecule has 4 fully saturated rings. The topological polar surface area (TPSA) is 425 Å². The number of hydrogen-bond donors (Lipinski definition) is 4. The third-order valence-corrected chi connectivity index (χ3v) is 29.6. The maximum absolute atomic E-state index is 14.1. The molecule has 8 aliphatic heterocycles. The van der Waals surface area contributed by atoms with Crippen molar-refractivity contribution < 1.29 is 118 Å². The highest BCUT2D eigenvalue weighted by molar-refractivity contribution is 9.09. The summed E-state index contributed by atoms with van der Waals surface area (Å²) in [7, 11) is 5.61. The van der Waals surface area contributed by atoms with Crippen LogP contribution in [0.4, 0.5) is 35.9 Å². The summed E-state index contributed by atoms with van der Waals surface area (Å²) >= 11 is 29.1. The zero-order valence-electron chi connectivity index (χ0n) is 85.9. The van der Waals surface area contributed by atoms with E-state index in [1.807, 2.05) is 25.7 Å². The molecule has 3 saturated heterocycles. The van der Waals surface area contributed by atoms with Crippen molar-refractivity contribution in [2.24, 2.45) is 61.9 Å². The Balaban J connectivity index is 0.000000181. The number of likely N-dealkylation sites (tertiary alicyclic amines) is 2. The molecule has 5 aromatic carbocycles. The number of carboxylic acids is 1. The smallest absolute Gasteiger partial charge is 0.410 e. The maximum atomic E-state index is 14.1. The summed E-state index contributed by atoms with van der Waals surface area (Å²) in [6, 6.07) is 17.6. The number of halogens is 12. The van der Waals surface area contributed by atoms with E-state index in [2.05, 4.69) is 68.6 Å². The number of ether oxygens (including phenoxy) is 7. The Morgan fingerprint density at radius 1 is 0.573 bits per heavy atom. The van der Waals surface area contributed by atoms with Gasteiger partial charge in [-0.1, -0.05) is 124 Å². The molecule has 0 bridgehead atoms. The first-order chi connectivity index (χ1) is 70.4. The molecule has 0 spiro atoms. The Labute approximate surface area is 899 Å². The number of carbonyl (C=O) groups is 10. The fourth-order valence-corrected chi connectivity index (χ4v) is 21.0. The van der Waals surface area contributed by atoms with Gasteiger partial charge >= 0.3 is 30.1 Å². The zero-order valence-corrected chi connectivity index (χ0v) is 91.4. The Morgan fingerprint density at radius 2 is 0.987 bits per heavy atom. The molecule has 8 aromatic rings. The van der Waals surface area contributed by atoms with E-state index in [0.29, 0.717) is 185 Å². The first-order valence-electron chi connectivity index (χ1n) is 49.0. The standard InChI is InChI=1S/C28H34ClF2N5O5.C23H23ClN2O5.C20H26ClF2N5O3.C20H24ClF2N5O2.C6H11BrO2.C5H8O2.ClH/c1-15-11-22(37)35(12-15)13-20-23-16(8-10-36(20)26(38)17-5-4-9-28(17,2)27(39)40)18(29)6-7-21(23)41-14-19-24(25(30)31)34(3)33-32-19;1-23(2,3)31-22(30)25-11-10-15-16(24)8-9-18(27)19(15)17(25)12-26-20(28)13-6-4-5-7-14(13)21(26)29;1-20(2,3)31-19(29)28-8-7-11-12(21)5-6-15(16(11)14(28)9-24)30-10-13-17(18(22)23)27(4)26-25-13;1-11-7-17(29)28(8-11)9-14-18-12(5-6-24-14)13(21)3-4-16(18)30-10-15-19(20(22)23)27(2)26-25-15;1-5(4-7)3-6(8)9-2;1-4-2-5(6)7-3-4;/h6-7,15,17,20,25H,4-5,8-14H2,1-3H3,(H,39,40);4-9,17,27H,10-12H2,1-3H3;5-6,14,18H,7-10,24H2,1-4H3;3-4,11,14,20,24H,5-10H2,1-2H3;5H,3-4H2,1-2H3;4H,2-3H2,1H3;1H/t15-,17+,20-,28+;17-;14-;11-,14-;5-;4-;/m111111./s1. The number of imide groups is 1. The van der Waals surface area contributed by atoms with Crippen molar-refractivity contribution in [3.05, 3.63) is 183 Å². The Kier molecular flexibility index (Phi) is 40.7. The number of nitrogens with two attached hydrogens (primary N) is 1. The molecule has 150 heavy (non-hydrogen) atoms. The largest absolute Gasteiger partial charge is 0.508 e. The van der Waals surface area contributed by atoms with Crippen molar-refractivity contribution in [3.8, 4) is 23.0 Å².